The topological polar surface area (TPSA) is 92.4 Å². The average Bonchev–Trinajstić information content (AvgIpc) is 2.60. The van der Waals surface area contributed by atoms with E-state index in [0.717, 1.165) is 0 Å². The lowest BCUT2D eigenvalue weighted by atomic mass is 10.2. The Morgan fingerprint density at radius 3 is 2.67 bits per heavy atom. The van der Waals surface area contributed by atoms with Gasteiger partial charge in [-0.1, -0.05) is 11.6 Å². The third-order valence-corrected chi connectivity index (χ3v) is 3.29. The van der Waals surface area contributed by atoms with Crippen LogP contribution in [0.15, 0.2) is 42.7 Å². The molecule has 0 atom stereocenters. The highest BCUT2D eigenvalue weighted by Gasteiger charge is 2.14. The minimum Gasteiger partial charge on any atom is -0.496 e. The summed E-state index contributed by atoms with van der Waals surface area (Å²) in [6.07, 6.45) is 2.94. The number of rotatable bonds is 3. The second-order valence-electron chi connectivity index (χ2n) is 4.45. The second kappa shape index (κ2) is 8.23. The van der Waals surface area contributed by atoms with Crippen LogP contribution in [-0.4, -0.2) is 29.0 Å². The molecule has 24 heavy (non-hydrogen) atoms. The molecule has 9 heteroatoms. The van der Waals surface area contributed by atoms with Crippen LogP contribution in [0, 0.1) is 0 Å². The van der Waals surface area contributed by atoms with E-state index in [1.165, 1.54) is 19.4 Å². The Balaban J connectivity index is 1.93. The van der Waals surface area contributed by atoms with Gasteiger partial charge in [-0.05, 0) is 42.5 Å². The molecule has 0 unspecified atom stereocenters. The standard InChI is InChI=1S/C15H13ClN4O3S/c1-23-12-5-4-10(16)7-11(12)14(22)19-20-15(24)18-13(21)9-3-2-6-17-8-9/h2-8H,1H3,(H,19,22)(H2,18,20,21,24). The second-order valence-corrected chi connectivity index (χ2v) is 5.29. The number of aromatic nitrogens is 1. The first-order valence-corrected chi connectivity index (χ1v) is 7.45. The normalized spacial score (nSPS) is 9.75. The maximum atomic E-state index is 12.1. The fourth-order valence-corrected chi connectivity index (χ4v) is 2.06. The first-order valence-electron chi connectivity index (χ1n) is 6.66. The van der Waals surface area contributed by atoms with E-state index in [0.29, 0.717) is 16.3 Å². The number of thiocarbonyl (C=S) groups is 1. The van der Waals surface area contributed by atoms with Crippen molar-refractivity contribution in [2.75, 3.05) is 7.11 Å². The molecule has 3 N–H and O–H groups in total. The summed E-state index contributed by atoms with van der Waals surface area (Å²) in [5, 5.41) is 2.72. The number of hydrogen-bond donors (Lipinski definition) is 3. The van der Waals surface area contributed by atoms with Crippen molar-refractivity contribution >= 4 is 40.7 Å². The quantitative estimate of drug-likeness (QED) is 0.567. The number of halogens is 1. The first-order chi connectivity index (χ1) is 11.5. The summed E-state index contributed by atoms with van der Waals surface area (Å²) in [4.78, 5) is 27.9. The van der Waals surface area contributed by atoms with Gasteiger partial charge in [0.05, 0.1) is 18.2 Å². The van der Waals surface area contributed by atoms with Crippen LogP contribution >= 0.6 is 23.8 Å². The Morgan fingerprint density at radius 2 is 2.00 bits per heavy atom. The Bertz CT molecular complexity index is 771. The molecule has 7 nitrogen and oxygen atoms in total. The molecule has 2 rings (SSSR count). The monoisotopic (exact) mass is 364 g/mol. The summed E-state index contributed by atoms with van der Waals surface area (Å²) < 4.78 is 5.09. The van der Waals surface area contributed by atoms with Crippen molar-refractivity contribution < 1.29 is 14.3 Å². The van der Waals surface area contributed by atoms with Gasteiger partial charge in [0.25, 0.3) is 11.8 Å². The zero-order chi connectivity index (χ0) is 17.5. The fourth-order valence-electron chi connectivity index (χ4n) is 1.74. The molecule has 1 aromatic carbocycles. The number of amides is 2. The molecular formula is C15H13ClN4O3S. The van der Waals surface area contributed by atoms with Crippen LogP contribution in [0.3, 0.4) is 0 Å². The lowest BCUT2D eigenvalue weighted by Crippen LogP contribution is -2.48. The number of nitrogens with zero attached hydrogens (tertiary/aromatic N) is 1. The van der Waals surface area contributed by atoms with Crippen molar-refractivity contribution in [3.8, 4) is 5.75 Å². The molecule has 0 aliphatic heterocycles. The van der Waals surface area contributed by atoms with E-state index >= 15 is 0 Å². The van der Waals surface area contributed by atoms with Gasteiger partial charge >= 0.3 is 0 Å². The molecule has 0 radical (unpaired) electrons. The Morgan fingerprint density at radius 1 is 1.21 bits per heavy atom. The first kappa shape index (κ1) is 17.6. The highest BCUT2D eigenvalue weighted by molar-refractivity contribution is 7.80. The van der Waals surface area contributed by atoms with Crippen LogP contribution in [0.1, 0.15) is 20.7 Å². The molecule has 1 aromatic heterocycles. The van der Waals surface area contributed by atoms with Gasteiger partial charge in [-0.15, -0.1) is 0 Å². The van der Waals surface area contributed by atoms with Crippen LogP contribution < -0.4 is 20.9 Å². The average molecular weight is 365 g/mol. The molecule has 0 saturated heterocycles. The summed E-state index contributed by atoms with van der Waals surface area (Å²) in [6, 6.07) is 7.83. The van der Waals surface area contributed by atoms with Crippen molar-refractivity contribution in [2.45, 2.75) is 0 Å². The molecule has 124 valence electrons. The van der Waals surface area contributed by atoms with Gasteiger partial charge in [-0.2, -0.15) is 0 Å². The molecule has 0 bridgehead atoms. The highest BCUT2D eigenvalue weighted by atomic mass is 35.5. The molecular weight excluding hydrogens is 352 g/mol. The molecule has 0 aliphatic carbocycles. The van der Waals surface area contributed by atoms with Gasteiger partial charge in [-0.25, -0.2) is 0 Å². The molecule has 0 aliphatic rings. The van der Waals surface area contributed by atoms with Crippen LogP contribution in [0.5, 0.6) is 5.75 Å². The highest BCUT2D eigenvalue weighted by Crippen LogP contribution is 2.22. The van der Waals surface area contributed by atoms with E-state index in [1.54, 1.807) is 30.5 Å². The van der Waals surface area contributed by atoms with Crippen molar-refractivity contribution in [3.05, 3.63) is 58.9 Å². The molecule has 0 saturated carbocycles. The number of ether oxygens (including phenoxy) is 1. The van der Waals surface area contributed by atoms with Crippen molar-refractivity contribution in [1.29, 1.82) is 0 Å². The smallest absolute Gasteiger partial charge is 0.273 e. The van der Waals surface area contributed by atoms with Gasteiger partial charge in [-0.3, -0.25) is 30.7 Å². The number of benzene rings is 1. The third-order valence-electron chi connectivity index (χ3n) is 2.85. The minimum absolute atomic E-state index is 0.0711. The van der Waals surface area contributed by atoms with Gasteiger partial charge in [0, 0.05) is 17.4 Å². The summed E-state index contributed by atoms with van der Waals surface area (Å²) in [7, 11) is 1.44. The minimum atomic E-state index is -0.521. The lowest BCUT2D eigenvalue weighted by Gasteiger charge is -2.12. The van der Waals surface area contributed by atoms with Crippen molar-refractivity contribution in [3.63, 3.8) is 0 Å². The predicted molar refractivity (Wildman–Crippen MR) is 92.9 cm³/mol. The van der Waals surface area contributed by atoms with E-state index < -0.39 is 11.8 Å². The maximum Gasteiger partial charge on any atom is 0.273 e. The van der Waals surface area contributed by atoms with Gasteiger partial charge in [0.15, 0.2) is 5.11 Å². The summed E-state index contributed by atoms with van der Waals surface area (Å²) in [6.45, 7) is 0. The Kier molecular flexibility index (Phi) is 6.05. The number of pyridine rings is 1. The molecule has 0 spiro atoms. The summed E-state index contributed by atoms with van der Waals surface area (Å²) >= 11 is 10.8. The van der Waals surface area contributed by atoms with Crippen molar-refractivity contribution in [2.24, 2.45) is 0 Å². The number of carbonyl (C=O) groups is 2. The van der Waals surface area contributed by atoms with E-state index in [4.69, 9.17) is 28.6 Å². The molecule has 0 fully saturated rings. The number of hydrogen-bond acceptors (Lipinski definition) is 5. The van der Waals surface area contributed by atoms with Crippen molar-refractivity contribution in [1.82, 2.24) is 21.2 Å². The van der Waals surface area contributed by atoms with E-state index in [9.17, 15) is 9.59 Å². The van der Waals surface area contributed by atoms with E-state index in [2.05, 4.69) is 21.2 Å². The van der Waals surface area contributed by atoms with Gasteiger partial charge in [0.1, 0.15) is 5.75 Å². The number of methoxy groups -OCH3 is 1. The summed E-state index contributed by atoms with van der Waals surface area (Å²) in [5.74, 6) is -0.619. The predicted octanol–water partition coefficient (Wildman–Crippen LogP) is 1.69. The van der Waals surface area contributed by atoms with E-state index in [1.807, 2.05) is 0 Å². The SMILES string of the molecule is COc1ccc(Cl)cc1C(=O)NNC(=S)NC(=O)c1cccnc1. The largest absolute Gasteiger partial charge is 0.496 e. The van der Waals surface area contributed by atoms with Gasteiger partial charge < -0.3 is 4.74 Å². The van der Waals surface area contributed by atoms with Crippen LogP contribution in [0.2, 0.25) is 5.02 Å². The Hall–Kier alpha value is -2.71. The van der Waals surface area contributed by atoms with Crippen LogP contribution in [0.25, 0.3) is 0 Å². The third kappa shape index (κ3) is 4.64. The van der Waals surface area contributed by atoms with E-state index in [-0.39, 0.29) is 10.7 Å². The molecule has 2 amide bonds. The fraction of sp³-hybridized carbons (Fsp3) is 0.0667. The summed E-state index contributed by atoms with van der Waals surface area (Å²) in [5.41, 5.74) is 5.35. The Labute approximate surface area is 148 Å². The zero-order valence-corrected chi connectivity index (χ0v) is 14.1. The number of carbonyl (C=O) groups excluding carboxylic acids is 2. The molecule has 2 aromatic rings. The number of nitrogens with one attached hydrogen (secondary N) is 3. The van der Waals surface area contributed by atoms with Gasteiger partial charge in [0.2, 0.25) is 0 Å². The van der Waals surface area contributed by atoms with Crippen LogP contribution in [0.4, 0.5) is 0 Å². The molecule has 1 heterocycles. The lowest BCUT2D eigenvalue weighted by molar-refractivity contribution is 0.0932. The number of hydrazine groups is 1. The zero-order valence-electron chi connectivity index (χ0n) is 12.5. The maximum absolute atomic E-state index is 12.1. The van der Waals surface area contributed by atoms with Crippen LogP contribution in [-0.2, 0) is 0 Å².